The van der Waals surface area contributed by atoms with Gasteiger partial charge >= 0.3 is 0 Å². The minimum atomic E-state index is -0.506. The molecule has 0 aromatic heterocycles. The van der Waals surface area contributed by atoms with E-state index in [0.29, 0.717) is 11.3 Å². The van der Waals surface area contributed by atoms with Crippen molar-refractivity contribution < 1.29 is 19.5 Å². The Morgan fingerprint density at radius 3 is 2.58 bits per heavy atom. The van der Waals surface area contributed by atoms with E-state index in [2.05, 4.69) is 5.32 Å². The summed E-state index contributed by atoms with van der Waals surface area (Å²) in [6.07, 6.45) is 4.31. The molecular weight excluding hydrogens is 358 g/mol. The predicted octanol–water partition coefficient (Wildman–Crippen LogP) is 1.62. The van der Waals surface area contributed by atoms with Crippen LogP contribution in [0.15, 0.2) is 30.0 Å². The molecule has 0 spiro atoms. The number of nitrogens with zero attached hydrogens (tertiary/aromatic N) is 2. The Morgan fingerprint density at radius 1 is 1.19 bits per heavy atom. The van der Waals surface area contributed by atoms with Crippen LogP contribution in [0.2, 0.25) is 5.02 Å². The van der Waals surface area contributed by atoms with E-state index in [4.69, 9.17) is 16.7 Å². The van der Waals surface area contributed by atoms with Gasteiger partial charge in [-0.1, -0.05) is 11.6 Å². The molecule has 0 saturated carbocycles. The first-order valence-corrected chi connectivity index (χ1v) is 8.93. The first-order valence-electron chi connectivity index (χ1n) is 8.55. The number of hydrogen-bond donors (Lipinski definition) is 2. The van der Waals surface area contributed by atoms with E-state index in [-0.39, 0.29) is 29.8 Å². The highest BCUT2D eigenvalue weighted by Gasteiger charge is 2.30. The minimum Gasteiger partial charge on any atom is -0.395 e. The molecule has 2 aliphatic rings. The molecule has 1 fully saturated rings. The van der Waals surface area contributed by atoms with Crippen molar-refractivity contribution in [3.05, 3.63) is 40.6 Å². The van der Waals surface area contributed by atoms with Gasteiger partial charge < -0.3 is 15.3 Å². The van der Waals surface area contributed by atoms with Crippen LogP contribution < -0.4 is 5.32 Å². The summed E-state index contributed by atoms with van der Waals surface area (Å²) in [7, 11) is 0. The molecule has 7 nitrogen and oxygen atoms in total. The highest BCUT2D eigenvalue weighted by atomic mass is 35.5. The predicted molar refractivity (Wildman–Crippen MR) is 96.7 cm³/mol. The molecule has 0 atom stereocenters. The van der Waals surface area contributed by atoms with Crippen LogP contribution in [0.5, 0.6) is 0 Å². The molecule has 26 heavy (non-hydrogen) atoms. The maximum Gasteiger partial charge on any atom is 0.277 e. The van der Waals surface area contributed by atoms with E-state index in [1.807, 2.05) is 0 Å². The third-order valence-corrected chi connectivity index (χ3v) is 4.77. The Hall–Kier alpha value is -2.38. The largest absolute Gasteiger partial charge is 0.395 e. The lowest BCUT2D eigenvalue weighted by molar-refractivity contribution is -0.137. The van der Waals surface area contributed by atoms with Gasteiger partial charge in [-0.25, -0.2) is 0 Å². The third-order valence-electron chi connectivity index (χ3n) is 4.45. The summed E-state index contributed by atoms with van der Waals surface area (Å²) in [4.78, 5) is 39.2. The molecule has 1 saturated heterocycles. The Balaban J connectivity index is 1.72. The van der Waals surface area contributed by atoms with Crippen LogP contribution in [0.4, 0.5) is 5.69 Å². The quantitative estimate of drug-likeness (QED) is 0.761. The van der Waals surface area contributed by atoms with Crippen LogP contribution in [-0.4, -0.2) is 58.9 Å². The number of nitrogens with one attached hydrogen (secondary N) is 1. The fraction of sp³-hybridized carbons (Fsp3) is 0.389. The normalized spacial score (nSPS) is 17.5. The number of hydrogen-bond acceptors (Lipinski definition) is 5. The fourth-order valence-electron chi connectivity index (χ4n) is 3.10. The van der Waals surface area contributed by atoms with Crippen molar-refractivity contribution in [2.45, 2.75) is 19.3 Å². The van der Waals surface area contributed by atoms with Gasteiger partial charge in [0.2, 0.25) is 0 Å². The van der Waals surface area contributed by atoms with Gasteiger partial charge in [-0.3, -0.25) is 19.3 Å². The monoisotopic (exact) mass is 377 g/mol. The number of aliphatic hydroxyl groups excluding tert-OH is 1. The number of halogens is 1. The maximum atomic E-state index is 12.6. The number of likely N-dealkylation sites (tertiary alicyclic amines) is 1. The van der Waals surface area contributed by atoms with Gasteiger partial charge in [0.25, 0.3) is 17.7 Å². The molecule has 1 aromatic rings. The molecule has 0 bridgehead atoms. The highest BCUT2D eigenvalue weighted by Crippen LogP contribution is 2.25. The van der Waals surface area contributed by atoms with Crippen molar-refractivity contribution in [3.63, 3.8) is 0 Å². The van der Waals surface area contributed by atoms with E-state index in [1.165, 1.54) is 6.08 Å². The molecule has 0 radical (unpaired) electrons. The number of carbonyl (C=O) groups is 3. The summed E-state index contributed by atoms with van der Waals surface area (Å²) in [6, 6.07) is 4.83. The molecular formula is C18H20ClN3O4. The standard InChI is InChI=1S/C18H20ClN3O4/c19-14-10-12(20-15-11-16(24)22(8-9-23)18(15)26)4-5-13(14)17(25)21-6-2-1-3-7-21/h4-5,10-11,20,23H,1-3,6-9H2. The molecule has 3 amide bonds. The number of imide groups is 1. The van der Waals surface area contributed by atoms with Crippen LogP contribution in [0.1, 0.15) is 29.6 Å². The summed E-state index contributed by atoms with van der Waals surface area (Å²) in [6.45, 7) is 1.12. The average molecular weight is 378 g/mol. The number of aliphatic hydroxyl groups is 1. The average Bonchev–Trinajstić information content (AvgIpc) is 2.90. The van der Waals surface area contributed by atoms with Gasteiger partial charge in [0.15, 0.2) is 0 Å². The van der Waals surface area contributed by atoms with Gasteiger partial charge in [0.1, 0.15) is 5.70 Å². The Labute approximate surface area is 156 Å². The van der Waals surface area contributed by atoms with Crippen LogP contribution in [-0.2, 0) is 9.59 Å². The number of piperidine rings is 1. The first kappa shape index (κ1) is 18.4. The van der Waals surface area contributed by atoms with Crippen LogP contribution in [0.25, 0.3) is 0 Å². The van der Waals surface area contributed by atoms with E-state index in [0.717, 1.165) is 37.3 Å². The fourth-order valence-corrected chi connectivity index (χ4v) is 3.36. The maximum absolute atomic E-state index is 12.6. The van der Waals surface area contributed by atoms with E-state index >= 15 is 0 Å². The number of β-amino-alcohol motifs (C(OH)–C–C–N with tert-alkyl or cyclic N) is 1. The van der Waals surface area contributed by atoms with Gasteiger partial charge in [-0.2, -0.15) is 0 Å². The zero-order valence-electron chi connectivity index (χ0n) is 14.2. The molecule has 0 aliphatic carbocycles. The topological polar surface area (TPSA) is 90.0 Å². The molecule has 3 rings (SSSR count). The Bertz CT molecular complexity index is 772. The summed E-state index contributed by atoms with van der Waals surface area (Å²) in [5.41, 5.74) is 1.03. The Kier molecular flexibility index (Phi) is 5.58. The summed E-state index contributed by atoms with van der Waals surface area (Å²) >= 11 is 6.27. The summed E-state index contributed by atoms with van der Waals surface area (Å²) in [5.74, 6) is -1.08. The lowest BCUT2D eigenvalue weighted by atomic mass is 10.1. The van der Waals surface area contributed by atoms with Crippen molar-refractivity contribution in [1.29, 1.82) is 0 Å². The van der Waals surface area contributed by atoms with Crippen molar-refractivity contribution >= 4 is 35.0 Å². The first-order chi connectivity index (χ1) is 12.5. The lowest BCUT2D eigenvalue weighted by Crippen LogP contribution is -2.35. The number of carbonyl (C=O) groups excluding carboxylic acids is 3. The van der Waals surface area contributed by atoms with Crippen LogP contribution in [0, 0.1) is 0 Å². The molecule has 138 valence electrons. The molecule has 2 aliphatic heterocycles. The highest BCUT2D eigenvalue weighted by molar-refractivity contribution is 6.34. The molecule has 8 heteroatoms. The van der Waals surface area contributed by atoms with Gasteiger partial charge in [0, 0.05) is 24.9 Å². The van der Waals surface area contributed by atoms with Gasteiger partial charge in [-0.15, -0.1) is 0 Å². The van der Waals surface area contributed by atoms with Gasteiger partial charge in [-0.05, 0) is 37.5 Å². The number of amides is 3. The molecule has 2 heterocycles. The zero-order valence-corrected chi connectivity index (χ0v) is 15.0. The second-order valence-electron chi connectivity index (χ2n) is 6.25. The van der Waals surface area contributed by atoms with Crippen LogP contribution in [0.3, 0.4) is 0 Å². The number of anilines is 1. The van der Waals surface area contributed by atoms with Crippen molar-refractivity contribution in [1.82, 2.24) is 9.80 Å². The SMILES string of the molecule is O=C(c1ccc(NC2=CC(=O)N(CCO)C2=O)cc1Cl)N1CCCCC1. The van der Waals surface area contributed by atoms with Crippen molar-refractivity contribution in [3.8, 4) is 0 Å². The van der Waals surface area contributed by atoms with E-state index in [1.54, 1.807) is 23.1 Å². The Morgan fingerprint density at radius 2 is 1.92 bits per heavy atom. The second-order valence-corrected chi connectivity index (χ2v) is 6.66. The molecule has 0 unspecified atom stereocenters. The minimum absolute atomic E-state index is 0.0522. The van der Waals surface area contributed by atoms with Crippen LogP contribution >= 0.6 is 11.6 Å². The lowest BCUT2D eigenvalue weighted by Gasteiger charge is -2.27. The van der Waals surface area contributed by atoms with Crippen molar-refractivity contribution in [2.24, 2.45) is 0 Å². The molecule has 1 aromatic carbocycles. The number of rotatable bonds is 5. The number of benzene rings is 1. The summed E-state index contributed by atoms with van der Waals surface area (Å²) in [5, 5.41) is 12.1. The molecule has 2 N–H and O–H groups in total. The zero-order chi connectivity index (χ0) is 18.7. The smallest absolute Gasteiger partial charge is 0.277 e. The second kappa shape index (κ2) is 7.88. The van der Waals surface area contributed by atoms with Gasteiger partial charge in [0.05, 0.1) is 23.7 Å². The van der Waals surface area contributed by atoms with Crippen molar-refractivity contribution in [2.75, 3.05) is 31.6 Å². The summed E-state index contributed by atoms with van der Waals surface area (Å²) < 4.78 is 0. The van der Waals surface area contributed by atoms with E-state index in [9.17, 15) is 14.4 Å². The third kappa shape index (κ3) is 3.73. The van der Waals surface area contributed by atoms with E-state index < -0.39 is 11.8 Å².